The second-order valence-corrected chi connectivity index (χ2v) is 8.20. The number of aliphatic hydroxyl groups is 1. The lowest BCUT2D eigenvalue weighted by atomic mass is 9.72. The van der Waals surface area contributed by atoms with Crippen LogP contribution < -0.4 is 0 Å². The van der Waals surface area contributed by atoms with E-state index in [1.54, 1.807) is 18.2 Å². The van der Waals surface area contributed by atoms with E-state index in [0.717, 1.165) is 0 Å². The van der Waals surface area contributed by atoms with Crippen LogP contribution in [0.15, 0.2) is 58.5 Å². The quantitative estimate of drug-likeness (QED) is 0.514. The monoisotopic (exact) mass is 473 g/mol. The van der Waals surface area contributed by atoms with Crippen LogP contribution >= 0.6 is 39.1 Å². The number of aliphatic hydroxyl groups excluding tert-OH is 1. The van der Waals surface area contributed by atoms with Gasteiger partial charge in [0.2, 0.25) is 0 Å². The number of halogens is 5. The van der Waals surface area contributed by atoms with Crippen LogP contribution in [0.2, 0.25) is 10.0 Å². The highest BCUT2D eigenvalue weighted by molar-refractivity contribution is 9.10. The molecule has 2 aromatic carbocycles. The number of benzene rings is 2. The third-order valence-electron chi connectivity index (χ3n) is 4.88. The molecule has 0 aromatic heterocycles. The molecular formula is C20H16BrCl2F2NO. The Labute approximate surface area is 174 Å². The predicted octanol–water partition coefficient (Wildman–Crippen LogP) is 6.20. The Balaban J connectivity index is 2.06. The summed E-state index contributed by atoms with van der Waals surface area (Å²) >= 11 is 15.5. The molecule has 0 saturated heterocycles. The van der Waals surface area contributed by atoms with Gasteiger partial charge in [-0.3, -0.25) is 4.99 Å². The summed E-state index contributed by atoms with van der Waals surface area (Å²) in [5, 5.41) is 9.89. The van der Waals surface area contributed by atoms with E-state index < -0.39 is 11.3 Å². The smallest absolute Gasteiger partial charge is 0.277 e. The molecule has 142 valence electrons. The SMILES string of the molecule is C=CC(F)(F)C1(c2cc(Cl)cc(Cl)c2)CN=C(c2ccc(CO)c(Br)c2)C1. The maximum Gasteiger partial charge on any atom is 0.277 e. The van der Waals surface area contributed by atoms with Crippen LogP contribution in [-0.2, 0) is 12.0 Å². The minimum Gasteiger partial charge on any atom is -0.392 e. The first-order valence-electron chi connectivity index (χ1n) is 8.13. The third-order valence-corrected chi connectivity index (χ3v) is 6.05. The zero-order chi connectivity index (χ0) is 19.8. The van der Waals surface area contributed by atoms with Crippen molar-refractivity contribution in [2.75, 3.05) is 6.54 Å². The van der Waals surface area contributed by atoms with Crippen molar-refractivity contribution in [1.82, 2.24) is 0 Å². The summed E-state index contributed by atoms with van der Waals surface area (Å²) in [7, 11) is 0. The van der Waals surface area contributed by atoms with Gasteiger partial charge in [0.15, 0.2) is 0 Å². The first-order valence-corrected chi connectivity index (χ1v) is 9.68. The average Bonchev–Trinajstić information content (AvgIpc) is 3.08. The Bertz CT molecular complexity index is 912. The van der Waals surface area contributed by atoms with Crippen molar-refractivity contribution < 1.29 is 13.9 Å². The van der Waals surface area contributed by atoms with Crippen molar-refractivity contribution in [1.29, 1.82) is 0 Å². The van der Waals surface area contributed by atoms with Gasteiger partial charge >= 0.3 is 0 Å². The first kappa shape index (κ1) is 20.5. The van der Waals surface area contributed by atoms with E-state index >= 15 is 8.78 Å². The molecule has 1 aliphatic rings. The molecule has 2 aromatic rings. The second-order valence-electron chi connectivity index (χ2n) is 6.47. The summed E-state index contributed by atoms with van der Waals surface area (Å²) in [4.78, 5) is 4.43. The Kier molecular flexibility index (Phi) is 5.78. The lowest BCUT2D eigenvalue weighted by Crippen LogP contribution is -2.45. The Morgan fingerprint density at radius 1 is 1.22 bits per heavy atom. The molecule has 0 amide bonds. The van der Waals surface area contributed by atoms with Crippen LogP contribution in [0.3, 0.4) is 0 Å². The van der Waals surface area contributed by atoms with Gasteiger partial charge in [-0.05, 0) is 47.0 Å². The second kappa shape index (κ2) is 7.63. The number of hydrogen-bond acceptors (Lipinski definition) is 2. The van der Waals surface area contributed by atoms with Crippen molar-refractivity contribution in [2.45, 2.75) is 24.4 Å². The molecule has 0 bridgehead atoms. The fourth-order valence-electron chi connectivity index (χ4n) is 3.31. The molecular weight excluding hydrogens is 459 g/mol. The largest absolute Gasteiger partial charge is 0.392 e. The molecule has 7 heteroatoms. The molecule has 27 heavy (non-hydrogen) atoms. The topological polar surface area (TPSA) is 32.6 Å². The molecule has 0 radical (unpaired) electrons. The summed E-state index contributed by atoms with van der Waals surface area (Å²) in [6, 6.07) is 9.81. The highest BCUT2D eigenvalue weighted by Gasteiger charge is 2.55. The van der Waals surface area contributed by atoms with Crippen LogP contribution in [0.5, 0.6) is 0 Å². The number of aliphatic imine (C=N–C) groups is 1. The number of alkyl halides is 2. The van der Waals surface area contributed by atoms with Crippen molar-refractivity contribution in [3.05, 3.63) is 80.3 Å². The number of allylic oxidation sites excluding steroid dienone is 1. The van der Waals surface area contributed by atoms with Gasteiger partial charge in [0, 0.05) is 26.7 Å². The fourth-order valence-corrected chi connectivity index (χ4v) is 4.34. The van der Waals surface area contributed by atoms with E-state index in [9.17, 15) is 5.11 Å². The van der Waals surface area contributed by atoms with Crippen LogP contribution in [0, 0.1) is 0 Å². The van der Waals surface area contributed by atoms with E-state index in [4.69, 9.17) is 23.2 Å². The summed E-state index contributed by atoms with van der Waals surface area (Å²) in [5.41, 5.74) is 0.698. The zero-order valence-electron chi connectivity index (χ0n) is 14.2. The van der Waals surface area contributed by atoms with Crippen LogP contribution in [0.25, 0.3) is 0 Å². The molecule has 1 atom stereocenters. The summed E-state index contributed by atoms with van der Waals surface area (Å²) in [5.74, 6) is -3.21. The van der Waals surface area contributed by atoms with E-state index in [1.165, 1.54) is 18.2 Å². The van der Waals surface area contributed by atoms with Gasteiger partial charge in [-0.15, -0.1) is 0 Å². The Hall–Kier alpha value is -1.27. The van der Waals surface area contributed by atoms with E-state index in [2.05, 4.69) is 27.5 Å². The van der Waals surface area contributed by atoms with Gasteiger partial charge in [-0.1, -0.05) is 57.8 Å². The number of rotatable bonds is 5. The van der Waals surface area contributed by atoms with Gasteiger partial charge in [0.25, 0.3) is 5.92 Å². The maximum atomic E-state index is 15.0. The summed E-state index contributed by atoms with van der Waals surface area (Å²) in [6.45, 7) is 3.09. The molecule has 1 aliphatic heterocycles. The highest BCUT2D eigenvalue weighted by atomic mass is 79.9. The maximum absolute atomic E-state index is 15.0. The van der Waals surface area contributed by atoms with E-state index in [-0.39, 0.29) is 19.6 Å². The van der Waals surface area contributed by atoms with Crippen molar-refractivity contribution in [3.8, 4) is 0 Å². The molecule has 0 saturated carbocycles. The summed E-state index contributed by atoms with van der Waals surface area (Å²) < 4.78 is 30.8. The highest BCUT2D eigenvalue weighted by Crippen LogP contribution is 2.48. The van der Waals surface area contributed by atoms with Crippen molar-refractivity contribution >= 4 is 44.8 Å². The van der Waals surface area contributed by atoms with E-state index in [0.29, 0.717) is 43.0 Å². The molecule has 0 aliphatic carbocycles. The molecule has 2 nitrogen and oxygen atoms in total. The minimum absolute atomic E-state index is 0.00754. The van der Waals surface area contributed by atoms with Crippen LogP contribution in [-0.4, -0.2) is 23.3 Å². The van der Waals surface area contributed by atoms with Crippen LogP contribution in [0.4, 0.5) is 8.78 Å². The lowest BCUT2D eigenvalue weighted by Gasteiger charge is -2.35. The Morgan fingerprint density at radius 3 is 2.44 bits per heavy atom. The molecule has 1 unspecified atom stereocenters. The van der Waals surface area contributed by atoms with Crippen molar-refractivity contribution in [2.24, 2.45) is 4.99 Å². The van der Waals surface area contributed by atoms with Crippen LogP contribution in [0.1, 0.15) is 23.1 Å². The molecule has 0 spiro atoms. The molecule has 1 heterocycles. The van der Waals surface area contributed by atoms with E-state index in [1.807, 2.05) is 0 Å². The van der Waals surface area contributed by atoms with Crippen molar-refractivity contribution in [3.63, 3.8) is 0 Å². The standard InChI is InChI=1S/C20H16BrCl2F2NO/c1-2-20(24,25)19(14-6-15(22)8-16(23)7-14)9-18(26-11-19)12-3-4-13(10-27)17(21)5-12/h2-8,27H,1,9-11H2. The minimum atomic E-state index is -3.21. The third kappa shape index (κ3) is 3.70. The predicted molar refractivity (Wildman–Crippen MR) is 109 cm³/mol. The fraction of sp³-hybridized carbons (Fsp3) is 0.250. The average molecular weight is 475 g/mol. The lowest BCUT2D eigenvalue weighted by molar-refractivity contribution is -0.0225. The van der Waals surface area contributed by atoms with Gasteiger partial charge in [-0.2, -0.15) is 0 Å². The number of nitrogens with zero attached hydrogens (tertiary/aromatic N) is 1. The zero-order valence-corrected chi connectivity index (χ0v) is 17.3. The Morgan fingerprint density at radius 2 is 1.89 bits per heavy atom. The van der Waals surface area contributed by atoms with Gasteiger partial charge in [0.1, 0.15) is 0 Å². The van der Waals surface area contributed by atoms with Gasteiger partial charge < -0.3 is 5.11 Å². The van der Waals surface area contributed by atoms with Gasteiger partial charge in [0.05, 0.1) is 18.6 Å². The molecule has 0 fully saturated rings. The first-order chi connectivity index (χ1) is 12.7. The normalized spacial score (nSPS) is 19.9. The summed E-state index contributed by atoms with van der Waals surface area (Å²) in [6.07, 6.45) is 0.665. The molecule has 1 N–H and O–H groups in total. The number of hydrogen-bond donors (Lipinski definition) is 1. The van der Waals surface area contributed by atoms with Gasteiger partial charge in [-0.25, -0.2) is 8.78 Å². The molecule has 3 rings (SSSR count).